The Morgan fingerprint density at radius 1 is 0.875 bits per heavy atom. The summed E-state index contributed by atoms with van der Waals surface area (Å²) >= 11 is 0. The summed E-state index contributed by atoms with van der Waals surface area (Å²) < 4.78 is 53.1. The number of ketones is 1. The summed E-state index contributed by atoms with van der Waals surface area (Å²) in [6, 6.07) is 15.7. The van der Waals surface area contributed by atoms with E-state index in [0.29, 0.717) is 5.56 Å². The molecule has 8 heteroatoms. The SMILES string of the molecule is O=C1C(=O)N(c2cccc(C(F)(F)F)c2)[C@@H](c2ccccc2)C1=C(O)c1ccc(F)cc1. The van der Waals surface area contributed by atoms with Crippen molar-refractivity contribution in [1.29, 1.82) is 0 Å². The summed E-state index contributed by atoms with van der Waals surface area (Å²) in [5.74, 6) is -3.25. The van der Waals surface area contributed by atoms with Crippen molar-refractivity contribution in [3.8, 4) is 0 Å². The average molecular weight is 441 g/mol. The zero-order chi connectivity index (χ0) is 23.0. The number of alkyl halides is 3. The first-order chi connectivity index (χ1) is 15.2. The Morgan fingerprint density at radius 3 is 2.16 bits per heavy atom. The minimum absolute atomic E-state index is 0.0920. The average Bonchev–Trinajstić information content (AvgIpc) is 3.04. The van der Waals surface area contributed by atoms with E-state index >= 15 is 0 Å². The quantitative estimate of drug-likeness (QED) is 0.254. The fourth-order valence-corrected chi connectivity index (χ4v) is 3.64. The highest BCUT2D eigenvalue weighted by Crippen LogP contribution is 2.43. The number of halogens is 4. The summed E-state index contributed by atoms with van der Waals surface area (Å²) in [5, 5.41) is 10.9. The van der Waals surface area contributed by atoms with Crippen LogP contribution in [0.15, 0.2) is 84.4 Å². The van der Waals surface area contributed by atoms with E-state index in [1.807, 2.05) is 0 Å². The van der Waals surface area contributed by atoms with Gasteiger partial charge in [0.1, 0.15) is 11.6 Å². The third-order valence-electron chi connectivity index (χ3n) is 5.13. The molecular weight excluding hydrogens is 426 g/mol. The van der Waals surface area contributed by atoms with Crippen LogP contribution in [0.5, 0.6) is 0 Å². The number of aliphatic hydroxyl groups excluding tert-OH is 1. The van der Waals surface area contributed by atoms with Crippen LogP contribution in [-0.4, -0.2) is 16.8 Å². The lowest BCUT2D eigenvalue weighted by atomic mass is 9.95. The van der Waals surface area contributed by atoms with E-state index in [1.165, 1.54) is 18.2 Å². The predicted octanol–water partition coefficient (Wildman–Crippen LogP) is 5.47. The second-order valence-corrected chi connectivity index (χ2v) is 7.13. The number of rotatable bonds is 3. The van der Waals surface area contributed by atoms with Gasteiger partial charge in [-0.3, -0.25) is 14.5 Å². The van der Waals surface area contributed by atoms with Crippen LogP contribution in [0.4, 0.5) is 23.2 Å². The van der Waals surface area contributed by atoms with Crippen molar-refractivity contribution >= 4 is 23.1 Å². The van der Waals surface area contributed by atoms with Crippen LogP contribution in [0.2, 0.25) is 0 Å². The van der Waals surface area contributed by atoms with Gasteiger partial charge in [-0.2, -0.15) is 13.2 Å². The van der Waals surface area contributed by atoms with Crippen LogP contribution in [0.1, 0.15) is 22.7 Å². The molecule has 0 unspecified atom stereocenters. The smallest absolute Gasteiger partial charge is 0.416 e. The van der Waals surface area contributed by atoms with Crippen molar-refractivity contribution in [3.05, 3.63) is 107 Å². The molecule has 32 heavy (non-hydrogen) atoms. The first-order valence-corrected chi connectivity index (χ1v) is 9.47. The summed E-state index contributed by atoms with van der Waals surface area (Å²) in [6.45, 7) is 0. The summed E-state index contributed by atoms with van der Waals surface area (Å²) in [6.07, 6.45) is -4.65. The number of anilines is 1. The maximum Gasteiger partial charge on any atom is 0.416 e. The monoisotopic (exact) mass is 441 g/mol. The van der Waals surface area contributed by atoms with Crippen molar-refractivity contribution in [1.82, 2.24) is 0 Å². The molecule has 1 N–H and O–H groups in total. The zero-order valence-corrected chi connectivity index (χ0v) is 16.3. The molecule has 1 aliphatic rings. The number of carbonyl (C=O) groups excluding carboxylic acids is 2. The summed E-state index contributed by atoms with van der Waals surface area (Å²) in [5.41, 5.74) is -0.927. The largest absolute Gasteiger partial charge is 0.507 e. The van der Waals surface area contributed by atoms with Crippen LogP contribution < -0.4 is 4.90 Å². The Bertz CT molecular complexity index is 1220. The second kappa shape index (κ2) is 7.96. The molecule has 1 atom stereocenters. The number of hydrogen-bond donors (Lipinski definition) is 1. The molecule has 3 aromatic rings. The number of amides is 1. The molecule has 0 aliphatic carbocycles. The molecule has 162 valence electrons. The molecule has 1 amide bonds. The van der Waals surface area contributed by atoms with Crippen LogP contribution in [0, 0.1) is 5.82 Å². The molecule has 0 spiro atoms. The van der Waals surface area contributed by atoms with Crippen molar-refractivity contribution in [3.63, 3.8) is 0 Å². The van der Waals surface area contributed by atoms with E-state index in [9.17, 15) is 32.3 Å². The van der Waals surface area contributed by atoms with E-state index in [4.69, 9.17) is 0 Å². The van der Waals surface area contributed by atoms with E-state index in [2.05, 4.69) is 0 Å². The van der Waals surface area contributed by atoms with E-state index in [0.717, 1.165) is 35.2 Å². The summed E-state index contributed by atoms with van der Waals surface area (Å²) in [7, 11) is 0. The minimum Gasteiger partial charge on any atom is -0.507 e. The molecular formula is C24H15F4NO3. The Morgan fingerprint density at radius 2 is 1.53 bits per heavy atom. The number of benzene rings is 3. The molecule has 3 aromatic carbocycles. The van der Waals surface area contributed by atoms with Gasteiger partial charge < -0.3 is 5.11 Å². The highest BCUT2D eigenvalue weighted by Gasteiger charge is 2.47. The second-order valence-electron chi connectivity index (χ2n) is 7.13. The highest BCUT2D eigenvalue weighted by atomic mass is 19.4. The Labute approximate surface area is 180 Å². The first kappa shape index (κ1) is 21.3. The normalized spacial score (nSPS) is 18.2. The first-order valence-electron chi connectivity index (χ1n) is 9.47. The van der Waals surface area contributed by atoms with Crippen molar-refractivity contribution in [2.24, 2.45) is 0 Å². The third-order valence-corrected chi connectivity index (χ3v) is 5.13. The van der Waals surface area contributed by atoms with Crippen molar-refractivity contribution in [2.45, 2.75) is 12.2 Å². The van der Waals surface area contributed by atoms with Gasteiger partial charge in [-0.25, -0.2) is 4.39 Å². The number of carbonyl (C=O) groups is 2. The van der Waals surface area contributed by atoms with E-state index in [-0.39, 0.29) is 16.8 Å². The van der Waals surface area contributed by atoms with Crippen LogP contribution in [0.25, 0.3) is 5.76 Å². The van der Waals surface area contributed by atoms with Crippen LogP contribution in [-0.2, 0) is 15.8 Å². The Kier molecular flexibility index (Phi) is 5.30. The van der Waals surface area contributed by atoms with Crippen LogP contribution >= 0.6 is 0 Å². The van der Waals surface area contributed by atoms with E-state index in [1.54, 1.807) is 30.3 Å². The predicted molar refractivity (Wildman–Crippen MR) is 109 cm³/mol. The fraction of sp³-hybridized carbons (Fsp3) is 0.0833. The fourth-order valence-electron chi connectivity index (χ4n) is 3.64. The molecule has 0 saturated carbocycles. The van der Waals surface area contributed by atoms with Gasteiger partial charge in [0.25, 0.3) is 11.7 Å². The topological polar surface area (TPSA) is 57.6 Å². The number of nitrogens with zero attached hydrogens (tertiary/aromatic N) is 1. The van der Waals surface area contributed by atoms with E-state index < -0.39 is 41.0 Å². The number of aliphatic hydroxyl groups is 1. The lowest BCUT2D eigenvalue weighted by molar-refractivity contribution is -0.137. The molecule has 0 radical (unpaired) electrons. The van der Waals surface area contributed by atoms with Crippen LogP contribution in [0.3, 0.4) is 0 Å². The van der Waals surface area contributed by atoms with Gasteiger partial charge in [0, 0.05) is 11.3 Å². The molecule has 4 rings (SSSR count). The standard InChI is InChI=1S/C24H15F4NO3/c25-17-11-9-15(10-12-17)21(30)19-20(14-5-2-1-3-6-14)29(23(32)22(19)31)18-8-4-7-16(13-18)24(26,27)28/h1-13,20,30H/t20-/m0/s1. The molecule has 1 fully saturated rings. The third kappa shape index (κ3) is 3.75. The molecule has 0 aromatic heterocycles. The number of hydrogen-bond acceptors (Lipinski definition) is 3. The van der Waals surface area contributed by atoms with Gasteiger partial charge >= 0.3 is 6.18 Å². The van der Waals surface area contributed by atoms with Gasteiger partial charge in [0.2, 0.25) is 0 Å². The molecule has 1 aliphatic heterocycles. The summed E-state index contributed by atoms with van der Waals surface area (Å²) in [4.78, 5) is 26.8. The van der Waals surface area contributed by atoms with Gasteiger partial charge in [0.05, 0.1) is 17.2 Å². The van der Waals surface area contributed by atoms with Gasteiger partial charge in [-0.15, -0.1) is 0 Å². The lowest BCUT2D eigenvalue weighted by Gasteiger charge is -2.26. The van der Waals surface area contributed by atoms with Gasteiger partial charge in [-0.05, 0) is 48.0 Å². The zero-order valence-electron chi connectivity index (χ0n) is 16.3. The van der Waals surface area contributed by atoms with Crippen molar-refractivity contribution < 1.29 is 32.3 Å². The number of Topliss-reactive ketones (excluding diaryl/α,β-unsaturated/α-hetero) is 1. The molecule has 1 saturated heterocycles. The molecule has 0 bridgehead atoms. The Balaban J connectivity index is 1.93. The molecule has 1 heterocycles. The van der Waals surface area contributed by atoms with Gasteiger partial charge in [0.15, 0.2) is 0 Å². The van der Waals surface area contributed by atoms with Crippen molar-refractivity contribution in [2.75, 3.05) is 4.90 Å². The lowest BCUT2D eigenvalue weighted by Crippen LogP contribution is -2.29. The highest BCUT2D eigenvalue weighted by molar-refractivity contribution is 6.51. The van der Waals surface area contributed by atoms with Gasteiger partial charge in [-0.1, -0.05) is 36.4 Å². The minimum atomic E-state index is -4.65. The maximum atomic E-state index is 13.3. The Hall–Kier alpha value is -3.94. The molecule has 4 nitrogen and oxygen atoms in total. The maximum absolute atomic E-state index is 13.3.